The van der Waals surface area contributed by atoms with E-state index in [1.165, 1.54) is 0 Å². The molecule has 0 radical (unpaired) electrons. The molecule has 0 aliphatic carbocycles. The monoisotopic (exact) mass is 181 g/mol. The van der Waals surface area contributed by atoms with Crippen molar-refractivity contribution in [3.8, 4) is 0 Å². The van der Waals surface area contributed by atoms with Crippen LogP contribution in [0.4, 0.5) is 0 Å². The summed E-state index contributed by atoms with van der Waals surface area (Å²) in [5, 5.41) is 0. The van der Waals surface area contributed by atoms with E-state index < -0.39 is 6.04 Å². The molecule has 3 heteroatoms. The van der Waals surface area contributed by atoms with E-state index in [9.17, 15) is 4.79 Å². The molecule has 0 aromatic heterocycles. The molecule has 2 atom stereocenters. The first kappa shape index (κ1) is 9.37. The van der Waals surface area contributed by atoms with Gasteiger partial charge in [-0.3, -0.25) is 4.79 Å². The second kappa shape index (κ2) is 4.34. The fourth-order valence-corrected chi connectivity index (χ4v) is 1.09. The summed E-state index contributed by atoms with van der Waals surface area (Å²) in [4.78, 5) is 10.8. The Morgan fingerprint density at radius 3 is 2.50 bits per heavy atom. The van der Waals surface area contributed by atoms with Crippen LogP contribution in [0.1, 0.15) is 5.56 Å². The lowest BCUT2D eigenvalue weighted by Crippen LogP contribution is -2.28. The SMILES string of the molecule is N[C@@H](Cc1ccccc1)C(=O)P. The Morgan fingerprint density at radius 2 is 2.00 bits per heavy atom. The van der Waals surface area contributed by atoms with Crippen molar-refractivity contribution in [3.63, 3.8) is 0 Å². The van der Waals surface area contributed by atoms with Gasteiger partial charge in [-0.25, -0.2) is 0 Å². The lowest BCUT2D eigenvalue weighted by molar-refractivity contribution is -0.112. The zero-order chi connectivity index (χ0) is 8.97. The molecule has 0 heterocycles. The zero-order valence-corrected chi connectivity index (χ0v) is 7.89. The van der Waals surface area contributed by atoms with Crippen LogP contribution in [0.5, 0.6) is 0 Å². The smallest absolute Gasteiger partial charge is 0.165 e. The molecule has 0 fully saturated rings. The quantitative estimate of drug-likeness (QED) is 0.706. The van der Waals surface area contributed by atoms with Crippen molar-refractivity contribution in [3.05, 3.63) is 35.9 Å². The van der Waals surface area contributed by atoms with Gasteiger partial charge in [-0.05, 0) is 12.0 Å². The summed E-state index contributed by atoms with van der Waals surface area (Å²) in [6, 6.07) is 9.36. The molecule has 0 saturated carbocycles. The molecular weight excluding hydrogens is 169 g/mol. The van der Waals surface area contributed by atoms with E-state index in [2.05, 4.69) is 9.24 Å². The molecule has 0 aliphatic heterocycles. The van der Waals surface area contributed by atoms with Crippen LogP contribution < -0.4 is 5.73 Å². The first-order valence-electron chi connectivity index (χ1n) is 3.79. The number of hydrogen-bond donors (Lipinski definition) is 1. The highest BCUT2D eigenvalue weighted by Crippen LogP contribution is 2.04. The predicted molar refractivity (Wildman–Crippen MR) is 52.8 cm³/mol. The van der Waals surface area contributed by atoms with Gasteiger partial charge in [0.2, 0.25) is 0 Å². The van der Waals surface area contributed by atoms with E-state index in [1.807, 2.05) is 30.3 Å². The molecule has 0 amide bonds. The molecular formula is C9H12NOP. The molecule has 1 rings (SSSR count). The molecule has 1 aromatic rings. The van der Waals surface area contributed by atoms with Gasteiger partial charge in [0.05, 0.1) is 6.04 Å². The van der Waals surface area contributed by atoms with Crippen LogP contribution in [0.25, 0.3) is 0 Å². The summed E-state index contributed by atoms with van der Waals surface area (Å²) in [6.45, 7) is 0. The van der Waals surface area contributed by atoms with Gasteiger partial charge in [0, 0.05) is 0 Å². The lowest BCUT2D eigenvalue weighted by Gasteiger charge is -2.06. The Balaban J connectivity index is 2.58. The highest BCUT2D eigenvalue weighted by atomic mass is 31.0. The van der Waals surface area contributed by atoms with E-state index in [1.54, 1.807) is 0 Å². The minimum absolute atomic E-state index is 0.0427. The molecule has 64 valence electrons. The molecule has 1 aromatic carbocycles. The van der Waals surface area contributed by atoms with Gasteiger partial charge < -0.3 is 5.73 Å². The normalized spacial score (nSPS) is 12.5. The maximum atomic E-state index is 10.8. The van der Waals surface area contributed by atoms with Gasteiger partial charge >= 0.3 is 0 Å². The van der Waals surface area contributed by atoms with E-state index >= 15 is 0 Å². The number of rotatable bonds is 3. The summed E-state index contributed by atoms with van der Waals surface area (Å²) in [6.07, 6.45) is 0.614. The van der Waals surface area contributed by atoms with Gasteiger partial charge in [0.25, 0.3) is 0 Å². The van der Waals surface area contributed by atoms with Crippen LogP contribution in [0.3, 0.4) is 0 Å². The highest BCUT2D eigenvalue weighted by Gasteiger charge is 2.07. The third-order valence-electron chi connectivity index (χ3n) is 1.66. The Kier molecular flexibility index (Phi) is 3.39. The van der Waals surface area contributed by atoms with Crippen molar-refractivity contribution in [2.75, 3.05) is 0 Å². The lowest BCUT2D eigenvalue weighted by atomic mass is 10.1. The first-order chi connectivity index (χ1) is 5.70. The van der Waals surface area contributed by atoms with E-state index in [-0.39, 0.29) is 5.52 Å². The van der Waals surface area contributed by atoms with Crippen molar-refractivity contribution in [2.24, 2.45) is 5.73 Å². The maximum absolute atomic E-state index is 10.8. The third kappa shape index (κ3) is 2.72. The number of hydrogen-bond acceptors (Lipinski definition) is 2. The van der Waals surface area contributed by atoms with E-state index in [0.29, 0.717) is 6.42 Å². The largest absolute Gasteiger partial charge is 0.321 e. The summed E-state index contributed by atoms with van der Waals surface area (Å²) in [7, 11) is 2.10. The minimum Gasteiger partial charge on any atom is -0.321 e. The van der Waals surface area contributed by atoms with Gasteiger partial charge in [0.1, 0.15) is 0 Å². The topological polar surface area (TPSA) is 43.1 Å². The van der Waals surface area contributed by atoms with Gasteiger partial charge in [-0.1, -0.05) is 39.6 Å². The van der Waals surface area contributed by atoms with Crippen LogP contribution in [-0.4, -0.2) is 11.6 Å². The van der Waals surface area contributed by atoms with Crippen LogP contribution in [-0.2, 0) is 11.2 Å². The van der Waals surface area contributed by atoms with Gasteiger partial charge in [-0.2, -0.15) is 0 Å². The van der Waals surface area contributed by atoms with Crippen LogP contribution in [0.2, 0.25) is 0 Å². The Morgan fingerprint density at radius 1 is 1.42 bits per heavy atom. The number of carbonyl (C=O) groups excluding carboxylic acids is 1. The Hall–Kier alpha value is -0.720. The van der Waals surface area contributed by atoms with Crippen molar-refractivity contribution in [2.45, 2.75) is 12.5 Å². The maximum Gasteiger partial charge on any atom is 0.165 e. The Labute approximate surface area is 74.4 Å². The highest BCUT2D eigenvalue weighted by molar-refractivity contribution is 7.40. The summed E-state index contributed by atoms with van der Waals surface area (Å²) >= 11 is 0. The van der Waals surface area contributed by atoms with Crippen molar-refractivity contribution in [1.29, 1.82) is 0 Å². The average Bonchev–Trinajstić information content (AvgIpc) is 2.06. The summed E-state index contributed by atoms with van der Waals surface area (Å²) in [5.41, 5.74) is 6.63. The molecule has 12 heavy (non-hydrogen) atoms. The average molecular weight is 181 g/mol. The Bertz CT molecular complexity index is 260. The van der Waals surface area contributed by atoms with Crippen LogP contribution in [0.15, 0.2) is 30.3 Å². The van der Waals surface area contributed by atoms with Gasteiger partial charge in [-0.15, -0.1) is 0 Å². The second-order valence-electron chi connectivity index (χ2n) is 2.70. The molecule has 0 aliphatic rings. The second-order valence-corrected chi connectivity index (χ2v) is 3.27. The standard InChI is InChI=1S/C9H12NOP/c10-8(9(11)12)6-7-4-2-1-3-5-7/h1-5,8H,6,10,12H2/t8-/m0/s1. The number of carbonyl (C=O) groups is 1. The van der Waals surface area contributed by atoms with Crippen molar-refractivity contribution < 1.29 is 4.79 Å². The van der Waals surface area contributed by atoms with E-state index in [4.69, 9.17) is 5.73 Å². The zero-order valence-electron chi connectivity index (χ0n) is 6.73. The third-order valence-corrected chi connectivity index (χ3v) is 2.09. The van der Waals surface area contributed by atoms with Crippen LogP contribution in [0, 0.1) is 0 Å². The predicted octanol–water partition coefficient (Wildman–Crippen LogP) is 0.958. The van der Waals surface area contributed by atoms with Crippen molar-refractivity contribution >= 4 is 14.8 Å². The summed E-state index contributed by atoms with van der Waals surface area (Å²) in [5.74, 6) is 0. The molecule has 1 unspecified atom stereocenters. The number of nitrogens with two attached hydrogens (primary N) is 1. The molecule has 2 nitrogen and oxygen atoms in total. The van der Waals surface area contributed by atoms with Crippen LogP contribution >= 0.6 is 9.24 Å². The van der Waals surface area contributed by atoms with E-state index in [0.717, 1.165) is 5.56 Å². The minimum atomic E-state index is -0.391. The number of benzene rings is 1. The summed E-state index contributed by atoms with van der Waals surface area (Å²) < 4.78 is 0. The first-order valence-corrected chi connectivity index (χ1v) is 4.36. The fraction of sp³-hybridized carbons (Fsp3) is 0.222. The molecule has 0 bridgehead atoms. The van der Waals surface area contributed by atoms with Crippen molar-refractivity contribution in [1.82, 2.24) is 0 Å². The molecule has 2 N–H and O–H groups in total. The van der Waals surface area contributed by atoms with Gasteiger partial charge in [0.15, 0.2) is 5.52 Å². The molecule has 0 saturated heterocycles. The molecule has 0 spiro atoms. The fourth-order valence-electron chi connectivity index (χ4n) is 0.969.